The number of aryl methyl sites for hydroxylation is 2. The van der Waals surface area contributed by atoms with Crippen molar-refractivity contribution in [2.24, 2.45) is 0 Å². The van der Waals surface area contributed by atoms with E-state index < -0.39 is 0 Å². The molecule has 31 heavy (non-hydrogen) atoms. The van der Waals surface area contributed by atoms with E-state index in [1.54, 1.807) is 0 Å². The predicted molar refractivity (Wildman–Crippen MR) is 130 cm³/mol. The van der Waals surface area contributed by atoms with Crippen LogP contribution in [0.4, 0.5) is 0 Å². The van der Waals surface area contributed by atoms with Gasteiger partial charge >= 0.3 is 0 Å². The van der Waals surface area contributed by atoms with Gasteiger partial charge < -0.3 is 4.42 Å². The van der Waals surface area contributed by atoms with E-state index in [-0.39, 0.29) is 5.41 Å². The molecule has 0 N–H and O–H groups in total. The molecule has 2 heterocycles. The quantitative estimate of drug-likeness (QED) is 0.282. The van der Waals surface area contributed by atoms with Gasteiger partial charge in [0.25, 0.3) is 0 Å². The topological polar surface area (TPSA) is 26.0 Å². The Morgan fingerprint density at radius 3 is 2.16 bits per heavy atom. The lowest BCUT2D eigenvalue weighted by molar-refractivity contribution is 0.590. The molecular weight excluding hydrogens is 378 g/mol. The number of fused-ring (bicyclic) bond motifs is 5. The van der Waals surface area contributed by atoms with E-state index in [1.165, 1.54) is 63.9 Å². The van der Waals surface area contributed by atoms with Crippen LogP contribution < -0.4 is 0 Å². The third kappa shape index (κ3) is 3.05. The zero-order chi connectivity index (χ0) is 21.2. The number of hydrogen-bond acceptors (Lipinski definition) is 2. The number of benzene rings is 3. The molecule has 0 fully saturated rings. The van der Waals surface area contributed by atoms with Crippen molar-refractivity contribution in [1.29, 1.82) is 0 Å². The maximum atomic E-state index is 6.30. The third-order valence-electron chi connectivity index (χ3n) is 6.84. The van der Waals surface area contributed by atoms with Crippen molar-refractivity contribution in [3.05, 3.63) is 77.5 Å². The molecule has 0 saturated carbocycles. The molecule has 0 radical (unpaired) electrons. The number of pyridine rings is 1. The van der Waals surface area contributed by atoms with Gasteiger partial charge in [-0.15, -0.1) is 0 Å². The van der Waals surface area contributed by atoms with Crippen molar-refractivity contribution < 1.29 is 4.42 Å². The predicted octanol–water partition coefficient (Wildman–Crippen LogP) is 7.98. The zero-order valence-corrected chi connectivity index (χ0v) is 18.5. The van der Waals surface area contributed by atoms with Crippen LogP contribution in [0.1, 0.15) is 50.3 Å². The van der Waals surface area contributed by atoms with Gasteiger partial charge in [0.05, 0.1) is 5.69 Å². The molecule has 6 rings (SSSR count). The number of nitrogens with zero attached hydrogens (tertiary/aromatic N) is 1. The SMILES string of the molecule is CC(C)(C)c1ccc(-c2nccc3cc4oc5cc6c(cc5c4cc23)CCCC6)cc1. The van der Waals surface area contributed by atoms with Crippen LogP contribution in [0.25, 0.3) is 44.0 Å². The summed E-state index contributed by atoms with van der Waals surface area (Å²) in [4.78, 5) is 4.78. The minimum atomic E-state index is 0.145. The van der Waals surface area contributed by atoms with Gasteiger partial charge in [-0.1, -0.05) is 45.0 Å². The first kappa shape index (κ1) is 18.6. The Morgan fingerprint density at radius 2 is 1.42 bits per heavy atom. The van der Waals surface area contributed by atoms with Gasteiger partial charge in [-0.25, -0.2) is 0 Å². The van der Waals surface area contributed by atoms with Crippen LogP contribution in [0, 0.1) is 0 Å². The van der Waals surface area contributed by atoms with Gasteiger partial charge in [-0.2, -0.15) is 0 Å². The van der Waals surface area contributed by atoms with Crippen LogP contribution in [0.2, 0.25) is 0 Å². The molecule has 0 spiro atoms. The van der Waals surface area contributed by atoms with E-state index in [2.05, 4.69) is 75.4 Å². The molecule has 0 bridgehead atoms. The second-order valence-electron chi connectivity index (χ2n) is 9.98. The molecule has 3 aromatic carbocycles. The molecule has 0 aliphatic heterocycles. The molecule has 1 aliphatic rings. The fourth-order valence-corrected chi connectivity index (χ4v) is 5.03. The van der Waals surface area contributed by atoms with Crippen LogP contribution in [0.15, 0.2) is 65.2 Å². The lowest BCUT2D eigenvalue weighted by atomic mass is 9.86. The summed E-state index contributed by atoms with van der Waals surface area (Å²) in [6.07, 6.45) is 6.82. The van der Waals surface area contributed by atoms with E-state index in [9.17, 15) is 0 Å². The lowest BCUT2D eigenvalue weighted by Gasteiger charge is -2.19. The van der Waals surface area contributed by atoms with Crippen LogP contribution in [-0.4, -0.2) is 4.98 Å². The highest BCUT2D eigenvalue weighted by Gasteiger charge is 2.17. The summed E-state index contributed by atoms with van der Waals surface area (Å²) >= 11 is 0. The Hall–Kier alpha value is -3.13. The molecule has 5 aromatic rings. The monoisotopic (exact) mass is 405 g/mol. The second kappa shape index (κ2) is 6.68. The summed E-state index contributed by atoms with van der Waals surface area (Å²) in [7, 11) is 0. The summed E-state index contributed by atoms with van der Waals surface area (Å²) in [6.45, 7) is 6.74. The minimum absolute atomic E-state index is 0.145. The molecular formula is C29H27NO. The first-order valence-electron chi connectivity index (χ1n) is 11.3. The van der Waals surface area contributed by atoms with Gasteiger partial charge in [0, 0.05) is 27.9 Å². The molecule has 0 atom stereocenters. The highest BCUT2D eigenvalue weighted by Crippen LogP contribution is 2.38. The van der Waals surface area contributed by atoms with Crippen molar-refractivity contribution in [2.75, 3.05) is 0 Å². The fraction of sp³-hybridized carbons (Fsp3) is 0.276. The smallest absolute Gasteiger partial charge is 0.136 e. The highest BCUT2D eigenvalue weighted by molar-refractivity contribution is 6.12. The summed E-state index contributed by atoms with van der Waals surface area (Å²) in [5.41, 5.74) is 8.60. The Balaban J connectivity index is 1.57. The molecule has 154 valence electrons. The number of furan rings is 1. The Bertz CT molecular complexity index is 1450. The Labute approximate surface area is 182 Å². The van der Waals surface area contributed by atoms with Crippen molar-refractivity contribution in [1.82, 2.24) is 4.98 Å². The van der Waals surface area contributed by atoms with E-state index in [1.807, 2.05) is 6.20 Å². The Morgan fingerprint density at radius 1 is 0.742 bits per heavy atom. The summed E-state index contributed by atoms with van der Waals surface area (Å²) in [5.74, 6) is 0. The maximum absolute atomic E-state index is 6.30. The number of rotatable bonds is 1. The second-order valence-corrected chi connectivity index (χ2v) is 9.98. The number of aromatic nitrogens is 1. The van der Waals surface area contributed by atoms with Crippen LogP contribution >= 0.6 is 0 Å². The van der Waals surface area contributed by atoms with Gasteiger partial charge in [-0.3, -0.25) is 4.98 Å². The van der Waals surface area contributed by atoms with E-state index in [0.29, 0.717) is 0 Å². The zero-order valence-electron chi connectivity index (χ0n) is 18.5. The lowest BCUT2D eigenvalue weighted by Crippen LogP contribution is -2.10. The van der Waals surface area contributed by atoms with Crippen LogP contribution in [0.3, 0.4) is 0 Å². The van der Waals surface area contributed by atoms with Crippen molar-refractivity contribution in [3.63, 3.8) is 0 Å². The average molecular weight is 406 g/mol. The molecule has 1 aliphatic carbocycles. The normalized spacial score (nSPS) is 14.4. The molecule has 2 aromatic heterocycles. The van der Waals surface area contributed by atoms with Gasteiger partial charge in [0.1, 0.15) is 11.2 Å². The summed E-state index contributed by atoms with van der Waals surface area (Å²) in [6, 6.07) is 20.1. The Kier molecular flexibility index (Phi) is 4.02. The van der Waals surface area contributed by atoms with Gasteiger partial charge in [-0.05, 0) is 83.5 Å². The first-order valence-corrected chi connectivity index (χ1v) is 11.3. The van der Waals surface area contributed by atoms with E-state index in [0.717, 1.165) is 22.4 Å². The summed E-state index contributed by atoms with van der Waals surface area (Å²) < 4.78 is 6.30. The van der Waals surface area contributed by atoms with Crippen molar-refractivity contribution >= 4 is 32.7 Å². The van der Waals surface area contributed by atoms with Crippen LogP contribution in [-0.2, 0) is 18.3 Å². The van der Waals surface area contributed by atoms with Gasteiger partial charge in [0.2, 0.25) is 0 Å². The van der Waals surface area contributed by atoms with E-state index >= 15 is 0 Å². The van der Waals surface area contributed by atoms with E-state index in [4.69, 9.17) is 9.40 Å². The first-order chi connectivity index (χ1) is 15.0. The standard InChI is InChI=1S/C29H27NO/c1-29(2,3)22-10-8-18(9-11-22)28-23-17-25-24-14-19-6-4-5-7-20(19)15-26(24)31-27(25)16-21(23)12-13-30-28/h8-17H,4-7H2,1-3H3. The third-order valence-corrected chi connectivity index (χ3v) is 6.84. The minimum Gasteiger partial charge on any atom is -0.456 e. The highest BCUT2D eigenvalue weighted by atomic mass is 16.3. The molecule has 0 amide bonds. The van der Waals surface area contributed by atoms with Gasteiger partial charge in [0.15, 0.2) is 0 Å². The molecule has 2 heteroatoms. The largest absolute Gasteiger partial charge is 0.456 e. The van der Waals surface area contributed by atoms with Crippen molar-refractivity contribution in [2.45, 2.75) is 51.9 Å². The maximum Gasteiger partial charge on any atom is 0.136 e. The fourth-order valence-electron chi connectivity index (χ4n) is 5.03. The molecule has 2 nitrogen and oxygen atoms in total. The van der Waals surface area contributed by atoms with Crippen LogP contribution in [0.5, 0.6) is 0 Å². The molecule has 0 saturated heterocycles. The number of hydrogen-bond donors (Lipinski definition) is 0. The average Bonchev–Trinajstić information content (AvgIpc) is 3.11. The van der Waals surface area contributed by atoms with Crippen molar-refractivity contribution in [3.8, 4) is 11.3 Å². The molecule has 0 unspecified atom stereocenters. The summed E-state index contributed by atoms with van der Waals surface area (Å²) in [5, 5.41) is 4.77.